The second-order valence-corrected chi connectivity index (χ2v) is 7.71. The van der Waals surface area contributed by atoms with Gasteiger partial charge in [0.25, 0.3) is 0 Å². The molecule has 1 aromatic rings. The molecule has 1 aliphatic rings. The number of nitrogens with zero attached hydrogens (tertiary/aromatic N) is 2. The molecule has 0 bridgehead atoms. The SMILES string of the molecule is CC(C)n1c(CNC(=O)CC2CCCCC2(C)C)n[nH]c1=S. The highest BCUT2D eigenvalue weighted by Crippen LogP contribution is 2.42. The van der Waals surface area contributed by atoms with E-state index in [9.17, 15) is 4.79 Å². The maximum atomic E-state index is 12.3. The number of amides is 1. The van der Waals surface area contributed by atoms with Crippen molar-refractivity contribution in [3.05, 3.63) is 10.6 Å². The first-order valence-corrected chi connectivity index (χ1v) is 8.64. The van der Waals surface area contributed by atoms with Crippen LogP contribution in [0.3, 0.4) is 0 Å². The van der Waals surface area contributed by atoms with Gasteiger partial charge >= 0.3 is 0 Å². The van der Waals surface area contributed by atoms with Crippen LogP contribution in [0.1, 0.15) is 71.7 Å². The molecule has 5 nitrogen and oxygen atoms in total. The lowest BCUT2D eigenvalue weighted by Gasteiger charge is -2.38. The average Bonchev–Trinajstić information content (AvgIpc) is 2.80. The maximum Gasteiger partial charge on any atom is 0.220 e. The smallest absolute Gasteiger partial charge is 0.220 e. The van der Waals surface area contributed by atoms with Crippen molar-refractivity contribution < 1.29 is 4.79 Å². The molecule has 1 saturated carbocycles. The molecule has 1 unspecified atom stereocenters. The predicted octanol–water partition coefficient (Wildman–Crippen LogP) is 3.74. The Hall–Kier alpha value is -1.17. The minimum atomic E-state index is 0.115. The van der Waals surface area contributed by atoms with Crippen molar-refractivity contribution in [2.75, 3.05) is 0 Å². The van der Waals surface area contributed by atoms with E-state index < -0.39 is 0 Å². The van der Waals surface area contributed by atoms with Crippen LogP contribution < -0.4 is 5.32 Å². The molecule has 0 aromatic carbocycles. The standard InChI is InChI=1S/C16H28N4OS/c1-11(2)20-13(18-19-15(20)22)10-17-14(21)9-12-7-5-6-8-16(12,3)4/h11-12H,5-10H2,1-4H3,(H,17,21)(H,19,22). The van der Waals surface area contributed by atoms with Crippen LogP contribution in [0.4, 0.5) is 0 Å². The van der Waals surface area contributed by atoms with Crippen LogP contribution in [-0.4, -0.2) is 20.7 Å². The topological polar surface area (TPSA) is 62.7 Å². The first kappa shape index (κ1) is 17.2. The van der Waals surface area contributed by atoms with E-state index in [1.54, 1.807) is 0 Å². The van der Waals surface area contributed by atoms with Gasteiger partial charge in [0.15, 0.2) is 10.6 Å². The van der Waals surface area contributed by atoms with Gasteiger partial charge in [-0.15, -0.1) is 0 Å². The molecular weight excluding hydrogens is 296 g/mol. The molecule has 0 saturated heterocycles. The normalized spacial score (nSPS) is 21.0. The van der Waals surface area contributed by atoms with Crippen LogP contribution in [0.2, 0.25) is 0 Å². The molecule has 0 spiro atoms. The Morgan fingerprint density at radius 3 is 2.86 bits per heavy atom. The summed E-state index contributed by atoms with van der Waals surface area (Å²) >= 11 is 5.22. The van der Waals surface area contributed by atoms with Gasteiger partial charge in [-0.05, 0) is 50.2 Å². The summed E-state index contributed by atoms with van der Waals surface area (Å²) in [4.78, 5) is 12.3. The van der Waals surface area contributed by atoms with E-state index >= 15 is 0 Å². The monoisotopic (exact) mass is 324 g/mol. The van der Waals surface area contributed by atoms with E-state index in [1.807, 2.05) is 4.57 Å². The fourth-order valence-electron chi connectivity index (χ4n) is 3.41. The number of hydrogen-bond acceptors (Lipinski definition) is 3. The number of aromatic nitrogens is 3. The van der Waals surface area contributed by atoms with Gasteiger partial charge in [-0.3, -0.25) is 9.89 Å². The number of hydrogen-bond donors (Lipinski definition) is 2. The number of carbonyl (C=O) groups is 1. The zero-order chi connectivity index (χ0) is 16.3. The van der Waals surface area contributed by atoms with Gasteiger partial charge in [0.1, 0.15) is 0 Å². The molecule has 1 atom stereocenters. The molecule has 0 radical (unpaired) electrons. The summed E-state index contributed by atoms with van der Waals surface area (Å²) in [5, 5.41) is 10.0. The number of carbonyl (C=O) groups excluding carboxylic acids is 1. The molecule has 2 N–H and O–H groups in total. The molecule has 1 amide bonds. The molecular formula is C16H28N4OS. The highest BCUT2D eigenvalue weighted by molar-refractivity contribution is 7.71. The molecule has 124 valence electrons. The van der Waals surface area contributed by atoms with Crippen LogP contribution in [0.25, 0.3) is 0 Å². The lowest BCUT2D eigenvalue weighted by atomic mass is 9.67. The number of H-pyrrole nitrogens is 1. The highest BCUT2D eigenvalue weighted by Gasteiger charge is 2.33. The first-order valence-electron chi connectivity index (χ1n) is 8.23. The van der Waals surface area contributed by atoms with Crippen molar-refractivity contribution in [1.82, 2.24) is 20.1 Å². The lowest BCUT2D eigenvalue weighted by Crippen LogP contribution is -2.34. The van der Waals surface area contributed by atoms with Crippen molar-refractivity contribution in [3.8, 4) is 0 Å². The third-order valence-electron chi connectivity index (χ3n) is 4.90. The summed E-state index contributed by atoms with van der Waals surface area (Å²) in [7, 11) is 0. The minimum Gasteiger partial charge on any atom is -0.349 e. The van der Waals surface area contributed by atoms with Crippen LogP contribution in [0.15, 0.2) is 0 Å². The second kappa shape index (κ2) is 6.94. The molecule has 2 rings (SSSR count). The van der Waals surface area contributed by atoms with Crippen molar-refractivity contribution in [2.24, 2.45) is 11.3 Å². The van der Waals surface area contributed by atoms with Gasteiger partial charge in [0.05, 0.1) is 6.54 Å². The van der Waals surface area contributed by atoms with Crippen LogP contribution in [-0.2, 0) is 11.3 Å². The number of rotatable bonds is 5. The van der Waals surface area contributed by atoms with Crippen LogP contribution in [0.5, 0.6) is 0 Å². The van der Waals surface area contributed by atoms with Crippen molar-refractivity contribution in [2.45, 2.75) is 72.4 Å². The average molecular weight is 324 g/mol. The summed E-state index contributed by atoms with van der Waals surface area (Å²) in [6.45, 7) is 9.11. The summed E-state index contributed by atoms with van der Waals surface area (Å²) in [6, 6.07) is 0.232. The zero-order valence-corrected chi connectivity index (χ0v) is 14.9. The second-order valence-electron chi connectivity index (χ2n) is 7.32. The van der Waals surface area contributed by atoms with E-state index in [0.717, 1.165) is 12.2 Å². The van der Waals surface area contributed by atoms with Gasteiger partial charge in [0, 0.05) is 12.5 Å². The van der Waals surface area contributed by atoms with Crippen LogP contribution in [0, 0.1) is 16.1 Å². The van der Waals surface area contributed by atoms with Crippen LogP contribution >= 0.6 is 12.2 Å². The van der Waals surface area contributed by atoms with E-state index in [2.05, 4.69) is 43.2 Å². The summed E-state index contributed by atoms with van der Waals surface area (Å²) < 4.78 is 2.55. The Morgan fingerprint density at radius 2 is 2.23 bits per heavy atom. The Kier molecular flexibility index (Phi) is 5.42. The summed E-state index contributed by atoms with van der Waals surface area (Å²) in [5.74, 6) is 1.38. The number of aromatic amines is 1. The molecule has 22 heavy (non-hydrogen) atoms. The molecule has 1 heterocycles. The zero-order valence-electron chi connectivity index (χ0n) is 14.1. The lowest BCUT2D eigenvalue weighted by molar-refractivity contribution is -0.123. The van der Waals surface area contributed by atoms with Crippen molar-refractivity contribution >= 4 is 18.1 Å². The van der Waals surface area contributed by atoms with E-state index in [-0.39, 0.29) is 17.4 Å². The quantitative estimate of drug-likeness (QED) is 0.811. The van der Waals surface area contributed by atoms with E-state index in [1.165, 1.54) is 19.3 Å². The van der Waals surface area contributed by atoms with Gasteiger partial charge in [-0.1, -0.05) is 26.7 Å². The van der Waals surface area contributed by atoms with Crippen molar-refractivity contribution in [1.29, 1.82) is 0 Å². The van der Waals surface area contributed by atoms with Gasteiger partial charge in [-0.25, -0.2) is 0 Å². The third-order valence-corrected chi connectivity index (χ3v) is 5.19. The minimum absolute atomic E-state index is 0.115. The fourth-order valence-corrected chi connectivity index (χ4v) is 3.77. The van der Waals surface area contributed by atoms with Crippen molar-refractivity contribution in [3.63, 3.8) is 0 Å². The Bertz CT molecular complexity index is 573. The molecule has 6 heteroatoms. The summed E-state index contributed by atoms with van der Waals surface area (Å²) in [5.41, 5.74) is 0.271. The summed E-state index contributed by atoms with van der Waals surface area (Å²) in [6.07, 6.45) is 5.52. The number of nitrogens with one attached hydrogen (secondary N) is 2. The largest absolute Gasteiger partial charge is 0.349 e. The Labute approximate surface area is 137 Å². The molecule has 1 aliphatic carbocycles. The van der Waals surface area contributed by atoms with Gasteiger partial charge in [-0.2, -0.15) is 5.10 Å². The highest BCUT2D eigenvalue weighted by atomic mass is 32.1. The third kappa shape index (κ3) is 3.97. The first-order chi connectivity index (χ1) is 10.3. The fraction of sp³-hybridized carbons (Fsp3) is 0.812. The van der Waals surface area contributed by atoms with Gasteiger partial charge < -0.3 is 9.88 Å². The predicted molar refractivity (Wildman–Crippen MR) is 90.0 cm³/mol. The van der Waals surface area contributed by atoms with Gasteiger partial charge in [0.2, 0.25) is 5.91 Å². The maximum absolute atomic E-state index is 12.3. The van der Waals surface area contributed by atoms with E-state index in [4.69, 9.17) is 12.2 Å². The Morgan fingerprint density at radius 1 is 1.50 bits per heavy atom. The molecule has 1 aromatic heterocycles. The molecule has 1 fully saturated rings. The van der Waals surface area contributed by atoms with E-state index in [0.29, 0.717) is 23.7 Å². The molecule has 0 aliphatic heterocycles. The Balaban J connectivity index is 1.92.